The Morgan fingerprint density at radius 1 is 1.64 bits per heavy atom. The lowest BCUT2D eigenvalue weighted by atomic mass is 10.1. The highest BCUT2D eigenvalue weighted by molar-refractivity contribution is 5.72. The third kappa shape index (κ3) is 7.10. The third-order valence-electron chi connectivity index (χ3n) is 1.58. The van der Waals surface area contributed by atoms with Gasteiger partial charge in [-0.1, -0.05) is 32.4 Å². The Bertz CT molecular complexity index is 140. The van der Waals surface area contributed by atoms with Crippen LogP contribution in [-0.4, -0.2) is 12.5 Å². The van der Waals surface area contributed by atoms with Crippen molar-refractivity contribution in [3.63, 3.8) is 0 Å². The van der Waals surface area contributed by atoms with Crippen LogP contribution in [0.15, 0.2) is 12.2 Å². The molecule has 0 fully saturated rings. The van der Waals surface area contributed by atoms with Crippen LogP contribution in [0.25, 0.3) is 0 Å². The summed E-state index contributed by atoms with van der Waals surface area (Å²) in [5.74, 6) is 0.641. The molecule has 2 heteroatoms. The Kier molecular flexibility index (Phi) is 5.53. The summed E-state index contributed by atoms with van der Waals surface area (Å²) >= 11 is 0. The molecular formula is C9H17NO. The second-order valence-electron chi connectivity index (χ2n) is 2.75. The van der Waals surface area contributed by atoms with Gasteiger partial charge in [-0.3, -0.25) is 4.79 Å². The molecule has 2 nitrogen and oxygen atoms in total. The fourth-order valence-corrected chi connectivity index (χ4v) is 0.639. The van der Waals surface area contributed by atoms with E-state index in [4.69, 9.17) is 0 Å². The van der Waals surface area contributed by atoms with Crippen LogP contribution < -0.4 is 5.32 Å². The Hall–Kier alpha value is -0.790. The van der Waals surface area contributed by atoms with Gasteiger partial charge in [0.25, 0.3) is 0 Å². The molecule has 64 valence electrons. The Morgan fingerprint density at radius 2 is 2.27 bits per heavy atom. The molecule has 0 heterocycles. The molecule has 0 bridgehead atoms. The van der Waals surface area contributed by atoms with Crippen molar-refractivity contribution < 1.29 is 4.79 Å². The van der Waals surface area contributed by atoms with Gasteiger partial charge >= 0.3 is 0 Å². The number of hydrogen-bond donors (Lipinski definition) is 1. The molecule has 1 unspecified atom stereocenters. The van der Waals surface area contributed by atoms with E-state index in [1.165, 1.54) is 6.92 Å². The second-order valence-corrected chi connectivity index (χ2v) is 2.75. The maximum absolute atomic E-state index is 10.4. The number of carbonyl (C=O) groups excluding carboxylic acids is 1. The van der Waals surface area contributed by atoms with Crippen LogP contribution in [-0.2, 0) is 4.79 Å². The lowest BCUT2D eigenvalue weighted by Crippen LogP contribution is -2.19. The molecule has 1 N–H and O–H groups in total. The largest absolute Gasteiger partial charge is 0.353 e. The van der Waals surface area contributed by atoms with E-state index in [2.05, 4.69) is 25.2 Å². The standard InChI is InChI=1S/C9H17NO/c1-4-8(2)6-5-7-10-9(3)11/h5-6,8H,4,7H2,1-3H3,(H,10,11)/b6-5+. The van der Waals surface area contributed by atoms with Crippen molar-refractivity contribution in [1.82, 2.24) is 5.32 Å². The van der Waals surface area contributed by atoms with Gasteiger partial charge in [-0.25, -0.2) is 0 Å². The fraction of sp³-hybridized carbons (Fsp3) is 0.667. The molecule has 0 saturated carbocycles. The molecule has 0 radical (unpaired) electrons. The summed E-state index contributed by atoms with van der Waals surface area (Å²) in [6.45, 7) is 6.48. The molecule has 1 amide bonds. The van der Waals surface area contributed by atoms with Gasteiger partial charge in [-0.2, -0.15) is 0 Å². The van der Waals surface area contributed by atoms with Crippen LogP contribution >= 0.6 is 0 Å². The summed E-state index contributed by atoms with van der Waals surface area (Å²) in [4.78, 5) is 10.4. The van der Waals surface area contributed by atoms with E-state index in [0.29, 0.717) is 12.5 Å². The lowest BCUT2D eigenvalue weighted by Gasteiger charge is -1.99. The van der Waals surface area contributed by atoms with Gasteiger partial charge < -0.3 is 5.32 Å². The highest BCUT2D eigenvalue weighted by atomic mass is 16.1. The smallest absolute Gasteiger partial charge is 0.217 e. The van der Waals surface area contributed by atoms with Crippen molar-refractivity contribution in [2.24, 2.45) is 5.92 Å². The summed E-state index contributed by atoms with van der Waals surface area (Å²) in [5, 5.41) is 2.70. The van der Waals surface area contributed by atoms with Gasteiger partial charge in [0.2, 0.25) is 5.91 Å². The summed E-state index contributed by atoms with van der Waals surface area (Å²) in [6, 6.07) is 0. The molecular weight excluding hydrogens is 138 g/mol. The Balaban J connectivity index is 3.36. The van der Waals surface area contributed by atoms with Crippen LogP contribution in [0.4, 0.5) is 0 Å². The number of hydrogen-bond acceptors (Lipinski definition) is 1. The molecule has 0 aromatic rings. The first-order chi connectivity index (χ1) is 5.16. The molecule has 0 aromatic carbocycles. The average Bonchev–Trinajstić information content (AvgIpc) is 1.97. The maximum atomic E-state index is 10.4. The third-order valence-corrected chi connectivity index (χ3v) is 1.58. The topological polar surface area (TPSA) is 29.1 Å². The highest BCUT2D eigenvalue weighted by Crippen LogP contribution is 2.00. The molecule has 0 aliphatic carbocycles. The van der Waals surface area contributed by atoms with E-state index in [0.717, 1.165) is 6.42 Å². The van der Waals surface area contributed by atoms with Gasteiger partial charge in [0.05, 0.1) is 0 Å². The minimum atomic E-state index is 0.0267. The van der Waals surface area contributed by atoms with E-state index in [1.807, 2.05) is 6.08 Å². The van der Waals surface area contributed by atoms with Crippen molar-refractivity contribution in [2.45, 2.75) is 27.2 Å². The molecule has 0 aliphatic rings. The Morgan fingerprint density at radius 3 is 2.73 bits per heavy atom. The van der Waals surface area contributed by atoms with Crippen molar-refractivity contribution in [2.75, 3.05) is 6.54 Å². The zero-order valence-electron chi connectivity index (χ0n) is 7.55. The van der Waals surface area contributed by atoms with Crippen LogP contribution in [0.2, 0.25) is 0 Å². The zero-order valence-corrected chi connectivity index (χ0v) is 7.55. The van der Waals surface area contributed by atoms with Crippen LogP contribution in [0.3, 0.4) is 0 Å². The first-order valence-electron chi connectivity index (χ1n) is 4.08. The molecule has 0 rings (SSSR count). The minimum absolute atomic E-state index is 0.0267. The lowest BCUT2D eigenvalue weighted by molar-refractivity contribution is -0.118. The average molecular weight is 155 g/mol. The minimum Gasteiger partial charge on any atom is -0.353 e. The first-order valence-corrected chi connectivity index (χ1v) is 4.08. The molecule has 0 spiro atoms. The Labute approximate surface area is 68.7 Å². The van der Waals surface area contributed by atoms with Crippen LogP contribution in [0.1, 0.15) is 27.2 Å². The SMILES string of the molecule is CCC(C)/C=C/CNC(C)=O. The van der Waals surface area contributed by atoms with Gasteiger partial charge in [0.1, 0.15) is 0 Å². The van der Waals surface area contributed by atoms with Crippen molar-refractivity contribution in [3.8, 4) is 0 Å². The van der Waals surface area contributed by atoms with Gasteiger partial charge in [-0.15, -0.1) is 0 Å². The fourth-order valence-electron chi connectivity index (χ4n) is 0.639. The van der Waals surface area contributed by atoms with Gasteiger partial charge in [0, 0.05) is 13.5 Å². The predicted octanol–water partition coefficient (Wildman–Crippen LogP) is 1.72. The second kappa shape index (κ2) is 5.96. The normalized spacial score (nSPS) is 13.4. The molecule has 11 heavy (non-hydrogen) atoms. The van der Waals surface area contributed by atoms with E-state index >= 15 is 0 Å². The van der Waals surface area contributed by atoms with Gasteiger partial charge in [-0.05, 0) is 5.92 Å². The molecule has 1 atom stereocenters. The quantitative estimate of drug-likeness (QED) is 0.615. The molecule has 0 aliphatic heterocycles. The first kappa shape index (κ1) is 10.2. The number of rotatable bonds is 4. The molecule has 0 saturated heterocycles. The van der Waals surface area contributed by atoms with E-state index < -0.39 is 0 Å². The summed E-state index contributed by atoms with van der Waals surface area (Å²) < 4.78 is 0. The predicted molar refractivity (Wildman–Crippen MR) is 47.3 cm³/mol. The van der Waals surface area contributed by atoms with Gasteiger partial charge in [0.15, 0.2) is 0 Å². The monoisotopic (exact) mass is 155 g/mol. The van der Waals surface area contributed by atoms with Crippen molar-refractivity contribution >= 4 is 5.91 Å². The van der Waals surface area contributed by atoms with E-state index in [1.54, 1.807) is 0 Å². The highest BCUT2D eigenvalue weighted by Gasteiger charge is 1.89. The summed E-state index contributed by atoms with van der Waals surface area (Å²) in [5.41, 5.74) is 0. The number of nitrogens with one attached hydrogen (secondary N) is 1. The number of carbonyl (C=O) groups is 1. The summed E-state index contributed by atoms with van der Waals surface area (Å²) in [6.07, 6.45) is 5.27. The van der Waals surface area contributed by atoms with E-state index in [9.17, 15) is 4.79 Å². The number of allylic oxidation sites excluding steroid dienone is 1. The zero-order chi connectivity index (χ0) is 8.69. The van der Waals surface area contributed by atoms with Crippen molar-refractivity contribution in [1.29, 1.82) is 0 Å². The maximum Gasteiger partial charge on any atom is 0.217 e. The van der Waals surface area contributed by atoms with Crippen LogP contribution in [0, 0.1) is 5.92 Å². The van der Waals surface area contributed by atoms with Crippen molar-refractivity contribution in [3.05, 3.63) is 12.2 Å². The summed E-state index contributed by atoms with van der Waals surface area (Å²) in [7, 11) is 0. The van der Waals surface area contributed by atoms with E-state index in [-0.39, 0.29) is 5.91 Å². The number of amides is 1. The van der Waals surface area contributed by atoms with Crippen LogP contribution in [0.5, 0.6) is 0 Å². The molecule has 0 aromatic heterocycles.